The Morgan fingerprint density at radius 3 is 2.38 bits per heavy atom. The number of carbonyl (C=O) groups is 3. The Morgan fingerprint density at radius 1 is 1.03 bits per heavy atom. The van der Waals surface area contributed by atoms with Crippen LogP contribution in [0.1, 0.15) is 28.8 Å². The van der Waals surface area contributed by atoms with Crippen molar-refractivity contribution in [2.45, 2.75) is 31.5 Å². The maximum Gasteiger partial charge on any atom is 0.345 e. The molecular weight excluding hydrogens is 370 g/mol. The van der Waals surface area contributed by atoms with E-state index in [9.17, 15) is 14.4 Å². The van der Waals surface area contributed by atoms with E-state index in [1.54, 1.807) is 24.3 Å². The molecule has 4 amide bonds. The Morgan fingerprint density at radius 2 is 1.69 bits per heavy atom. The van der Waals surface area contributed by atoms with Crippen LogP contribution >= 0.6 is 0 Å². The summed E-state index contributed by atoms with van der Waals surface area (Å²) in [5.41, 5.74) is 1.41. The van der Waals surface area contributed by atoms with Crippen molar-refractivity contribution < 1.29 is 19.2 Å². The Kier molecular flexibility index (Phi) is 5.31. The third-order valence-corrected chi connectivity index (χ3v) is 5.48. The summed E-state index contributed by atoms with van der Waals surface area (Å²) < 4.78 is 0. The average Bonchev–Trinajstić information content (AvgIpc) is 3.01. The summed E-state index contributed by atoms with van der Waals surface area (Å²) >= 11 is 0. The van der Waals surface area contributed by atoms with E-state index in [4.69, 9.17) is 4.84 Å². The molecule has 2 bridgehead atoms. The number of likely N-dealkylation sites (N-methyl/N-ethyl adjacent to an activating group) is 1. The van der Waals surface area contributed by atoms with Gasteiger partial charge in [0.15, 0.2) is 0 Å². The summed E-state index contributed by atoms with van der Waals surface area (Å²) in [6.45, 7) is 0.722. The van der Waals surface area contributed by atoms with Crippen molar-refractivity contribution in [3.63, 3.8) is 0 Å². The van der Waals surface area contributed by atoms with Gasteiger partial charge >= 0.3 is 6.03 Å². The van der Waals surface area contributed by atoms with E-state index < -0.39 is 6.04 Å². The third kappa shape index (κ3) is 3.73. The second-order valence-electron chi connectivity index (χ2n) is 7.34. The van der Waals surface area contributed by atoms with Gasteiger partial charge in [-0.1, -0.05) is 48.5 Å². The van der Waals surface area contributed by atoms with Crippen LogP contribution in [-0.4, -0.2) is 58.4 Å². The van der Waals surface area contributed by atoms with Crippen molar-refractivity contribution in [2.24, 2.45) is 0 Å². The first kappa shape index (κ1) is 19.1. The topological polar surface area (TPSA) is 70.2 Å². The lowest BCUT2D eigenvalue weighted by atomic mass is 9.99. The lowest BCUT2D eigenvalue weighted by Crippen LogP contribution is -2.51. The highest BCUT2D eigenvalue weighted by atomic mass is 16.7. The second-order valence-corrected chi connectivity index (χ2v) is 7.34. The largest absolute Gasteiger partial charge is 0.345 e. The first-order valence-electron chi connectivity index (χ1n) is 9.70. The minimum absolute atomic E-state index is 0.0783. The molecule has 29 heavy (non-hydrogen) atoms. The Balaban J connectivity index is 1.42. The number of nitrogens with zero attached hydrogens (tertiary/aromatic N) is 3. The van der Waals surface area contributed by atoms with Crippen LogP contribution in [0.25, 0.3) is 0 Å². The lowest BCUT2D eigenvalue weighted by molar-refractivity contribution is -0.140. The number of amides is 4. The van der Waals surface area contributed by atoms with Crippen LogP contribution in [0.5, 0.6) is 0 Å². The predicted octanol–water partition coefficient (Wildman–Crippen LogP) is 2.69. The first-order valence-corrected chi connectivity index (χ1v) is 9.70. The average molecular weight is 393 g/mol. The summed E-state index contributed by atoms with van der Waals surface area (Å²) in [6, 6.07) is 17.2. The van der Waals surface area contributed by atoms with Gasteiger partial charge in [-0.05, 0) is 30.5 Å². The fourth-order valence-electron chi connectivity index (χ4n) is 3.87. The molecule has 0 unspecified atom stereocenters. The molecule has 7 nitrogen and oxygen atoms in total. The number of hydrogen-bond acceptors (Lipinski definition) is 4. The van der Waals surface area contributed by atoms with Crippen molar-refractivity contribution in [3.8, 4) is 0 Å². The molecule has 0 saturated carbocycles. The number of fused-ring (bicyclic) bond motifs is 2. The number of urea groups is 1. The summed E-state index contributed by atoms with van der Waals surface area (Å²) in [7, 11) is 1.47. The molecule has 2 aliphatic heterocycles. The minimum Gasteiger partial charge on any atom is -0.309 e. The minimum atomic E-state index is -0.651. The molecule has 2 atom stereocenters. The van der Waals surface area contributed by atoms with Crippen LogP contribution in [0.4, 0.5) is 4.79 Å². The molecule has 2 heterocycles. The van der Waals surface area contributed by atoms with E-state index in [-0.39, 0.29) is 23.9 Å². The molecule has 2 fully saturated rings. The number of imide groups is 1. The molecule has 2 aliphatic rings. The van der Waals surface area contributed by atoms with Crippen molar-refractivity contribution in [1.29, 1.82) is 0 Å². The van der Waals surface area contributed by atoms with E-state index in [2.05, 4.69) is 0 Å². The Bertz CT molecular complexity index is 903. The van der Waals surface area contributed by atoms with Gasteiger partial charge in [0.25, 0.3) is 11.8 Å². The van der Waals surface area contributed by atoms with Crippen molar-refractivity contribution in [1.82, 2.24) is 14.9 Å². The quantitative estimate of drug-likeness (QED) is 0.733. The van der Waals surface area contributed by atoms with Gasteiger partial charge in [0, 0.05) is 19.2 Å². The van der Waals surface area contributed by atoms with E-state index in [0.29, 0.717) is 31.6 Å². The zero-order valence-electron chi connectivity index (χ0n) is 16.2. The van der Waals surface area contributed by atoms with Gasteiger partial charge < -0.3 is 4.90 Å². The fourth-order valence-corrected chi connectivity index (χ4v) is 3.87. The molecule has 2 aromatic rings. The Labute approximate surface area is 169 Å². The van der Waals surface area contributed by atoms with Crippen LogP contribution < -0.4 is 0 Å². The number of carbonyl (C=O) groups excluding carboxylic acids is 3. The fraction of sp³-hybridized carbons (Fsp3) is 0.318. The van der Waals surface area contributed by atoms with E-state index in [1.807, 2.05) is 36.4 Å². The number of hydroxylamine groups is 2. The zero-order valence-corrected chi connectivity index (χ0v) is 16.2. The third-order valence-electron chi connectivity index (χ3n) is 5.48. The van der Waals surface area contributed by atoms with Crippen molar-refractivity contribution in [3.05, 3.63) is 71.8 Å². The maximum atomic E-state index is 13.0. The number of rotatable bonds is 5. The van der Waals surface area contributed by atoms with Gasteiger partial charge in [-0.3, -0.25) is 19.3 Å². The molecule has 4 rings (SSSR count). The molecule has 0 aromatic heterocycles. The number of benzene rings is 2. The van der Waals surface area contributed by atoms with Gasteiger partial charge in [-0.2, -0.15) is 5.06 Å². The molecule has 0 N–H and O–H groups in total. The highest BCUT2D eigenvalue weighted by Gasteiger charge is 2.48. The highest BCUT2D eigenvalue weighted by molar-refractivity contribution is 6.06. The van der Waals surface area contributed by atoms with Gasteiger partial charge in [-0.25, -0.2) is 4.79 Å². The smallest absolute Gasteiger partial charge is 0.309 e. The van der Waals surface area contributed by atoms with E-state index in [1.165, 1.54) is 17.0 Å². The molecule has 2 saturated heterocycles. The highest BCUT2D eigenvalue weighted by Crippen LogP contribution is 2.31. The molecule has 7 heteroatoms. The number of piperidine rings is 1. The first-order chi connectivity index (χ1) is 14.1. The molecule has 0 spiro atoms. The standard InChI is InChI=1S/C22H23N3O4/c1-23(20(26)17-10-6-3-7-11-17)21(27)19-13-12-18-14-24(19)22(28)25(18)29-15-16-8-4-2-5-9-16/h2-11,18-19H,12-15H2,1H3/t18-,19-/m0/s1. The van der Waals surface area contributed by atoms with Crippen molar-refractivity contribution in [2.75, 3.05) is 13.6 Å². The second kappa shape index (κ2) is 8.05. The number of hydrogen-bond donors (Lipinski definition) is 0. The van der Waals surface area contributed by atoms with Gasteiger partial charge in [0.1, 0.15) is 12.6 Å². The molecular formula is C22H23N3O4. The van der Waals surface area contributed by atoms with Crippen LogP contribution in [0.2, 0.25) is 0 Å². The molecule has 2 aromatic carbocycles. The monoisotopic (exact) mass is 393 g/mol. The summed E-state index contributed by atoms with van der Waals surface area (Å²) in [6.07, 6.45) is 1.16. The van der Waals surface area contributed by atoms with E-state index in [0.717, 1.165) is 10.5 Å². The van der Waals surface area contributed by atoms with Gasteiger partial charge in [0.2, 0.25) is 0 Å². The molecule has 0 aliphatic carbocycles. The SMILES string of the molecule is CN(C(=O)c1ccccc1)C(=O)[C@@H]1CC[C@H]2CN1C(=O)N2OCc1ccccc1. The normalized spacial score (nSPS) is 20.7. The van der Waals surface area contributed by atoms with E-state index >= 15 is 0 Å². The Hall–Kier alpha value is -3.19. The summed E-state index contributed by atoms with van der Waals surface area (Å²) in [5.74, 6) is -0.739. The predicted molar refractivity (Wildman–Crippen MR) is 106 cm³/mol. The van der Waals surface area contributed by atoms with Crippen LogP contribution in [0.3, 0.4) is 0 Å². The molecule has 150 valence electrons. The van der Waals surface area contributed by atoms with Gasteiger partial charge in [0.05, 0.1) is 6.04 Å². The van der Waals surface area contributed by atoms with Crippen LogP contribution in [0, 0.1) is 0 Å². The van der Waals surface area contributed by atoms with Gasteiger partial charge in [-0.15, -0.1) is 0 Å². The maximum absolute atomic E-state index is 13.0. The summed E-state index contributed by atoms with van der Waals surface area (Å²) in [5, 5.41) is 1.39. The van der Waals surface area contributed by atoms with Crippen LogP contribution in [-0.2, 0) is 16.2 Å². The molecule has 0 radical (unpaired) electrons. The summed E-state index contributed by atoms with van der Waals surface area (Å²) in [4.78, 5) is 46.9. The van der Waals surface area contributed by atoms with Crippen LogP contribution in [0.15, 0.2) is 60.7 Å². The lowest BCUT2D eigenvalue weighted by Gasteiger charge is -2.31. The van der Waals surface area contributed by atoms with Crippen molar-refractivity contribution >= 4 is 17.8 Å². The zero-order chi connectivity index (χ0) is 20.4.